The molecule has 3 rings (SSSR count). The fourth-order valence-corrected chi connectivity index (χ4v) is 2.39. The lowest BCUT2D eigenvalue weighted by molar-refractivity contribution is 0.0955. The minimum Gasteiger partial charge on any atom is -0.422 e. The number of nitrogens with zero attached hydrogens (tertiary/aromatic N) is 1. The monoisotopic (exact) mass is 340 g/mol. The molecule has 1 N–H and O–H groups in total. The molecule has 24 heavy (non-hydrogen) atoms. The topological polar surface area (TPSA) is 71.7 Å². The summed E-state index contributed by atoms with van der Waals surface area (Å²) in [5.41, 5.74) is 3.43. The van der Waals surface area contributed by atoms with E-state index in [1.807, 2.05) is 12.1 Å². The van der Waals surface area contributed by atoms with Crippen molar-refractivity contribution >= 4 is 34.2 Å². The second-order valence-electron chi connectivity index (χ2n) is 5.13. The first-order valence-electron chi connectivity index (χ1n) is 7.18. The fraction of sp³-hybridized carbons (Fsp3) is 0.0556. The number of fused-ring (bicyclic) bond motifs is 1. The molecule has 3 aromatic rings. The SMILES string of the molecule is C/C(=N/NC(=O)c1cccc(Cl)c1)c1cc2ccccc2oc1=O. The normalized spacial score (nSPS) is 11.5. The van der Waals surface area contributed by atoms with Crippen LogP contribution in [0, 0.1) is 0 Å². The Kier molecular flexibility index (Phi) is 4.44. The van der Waals surface area contributed by atoms with Gasteiger partial charge in [0.2, 0.25) is 0 Å². The summed E-state index contributed by atoms with van der Waals surface area (Å²) in [6, 6.07) is 15.4. The molecular weight excluding hydrogens is 328 g/mol. The molecule has 0 unspecified atom stereocenters. The predicted molar refractivity (Wildman–Crippen MR) is 93.6 cm³/mol. The van der Waals surface area contributed by atoms with Crippen LogP contribution in [0.1, 0.15) is 22.8 Å². The number of hydrogen-bond donors (Lipinski definition) is 1. The van der Waals surface area contributed by atoms with Gasteiger partial charge in [-0.3, -0.25) is 4.79 Å². The Morgan fingerprint density at radius 3 is 2.71 bits per heavy atom. The summed E-state index contributed by atoms with van der Waals surface area (Å²) < 4.78 is 5.25. The van der Waals surface area contributed by atoms with Gasteiger partial charge in [-0.2, -0.15) is 5.10 Å². The average Bonchev–Trinajstić information content (AvgIpc) is 2.58. The highest BCUT2D eigenvalue weighted by Gasteiger charge is 2.10. The molecule has 0 aliphatic heterocycles. The summed E-state index contributed by atoms with van der Waals surface area (Å²) in [6.45, 7) is 1.62. The van der Waals surface area contributed by atoms with E-state index in [9.17, 15) is 9.59 Å². The molecule has 0 spiro atoms. The molecule has 1 heterocycles. The van der Waals surface area contributed by atoms with E-state index in [0.29, 0.717) is 27.4 Å². The van der Waals surface area contributed by atoms with E-state index >= 15 is 0 Å². The highest BCUT2D eigenvalue weighted by molar-refractivity contribution is 6.30. The zero-order chi connectivity index (χ0) is 17.1. The quantitative estimate of drug-likeness (QED) is 0.450. The van der Waals surface area contributed by atoms with Gasteiger partial charge < -0.3 is 4.42 Å². The summed E-state index contributed by atoms with van der Waals surface area (Å²) >= 11 is 5.85. The summed E-state index contributed by atoms with van der Waals surface area (Å²) in [5, 5.41) is 5.22. The van der Waals surface area contributed by atoms with Gasteiger partial charge in [0.15, 0.2) is 0 Å². The maximum absolute atomic E-state index is 12.1. The Hall–Kier alpha value is -2.92. The molecule has 0 atom stereocenters. The van der Waals surface area contributed by atoms with Crippen LogP contribution >= 0.6 is 11.6 Å². The minimum atomic E-state index is -0.507. The molecule has 6 heteroatoms. The molecule has 1 aromatic heterocycles. The Morgan fingerprint density at radius 1 is 1.12 bits per heavy atom. The number of carbonyl (C=O) groups excluding carboxylic acids is 1. The number of hydrazone groups is 1. The number of halogens is 1. The van der Waals surface area contributed by atoms with Gasteiger partial charge in [0, 0.05) is 16.0 Å². The first-order valence-corrected chi connectivity index (χ1v) is 7.56. The third-order valence-corrected chi connectivity index (χ3v) is 3.68. The molecule has 120 valence electrons. The predicted octanol–water partition coefficient (Wildman–Crippen LogP) is 3.60. The first-order chi connectivity index (χ1) is 11.5. The van der Waals surface area contributed by atoms with E-state index in [-0.39, 0.29) is 0 Å². The highest BCUT2D eigenvalue weighted by atomic mass is 35.5. The van der Waals surface area contributed by atoms with Gasteiger partial charge in [-0.25, -0.2) is 10.2 Å². The summed E-state index contributed by atoms with van der Waals surface area (Å²) in [6.07, 6.45) is 0. The number of para-hydroxylation sites is 1. The number of hydrogen-bond acceptors (Lipinski definition) is 4. The first kappa shape index (κ1) is 16.0. The van der Waals surface area contributed by atoms with Crippen LogP contribution in [-0.2, 0) is 0 Å². The molecule has 0 bridgehead atoms. The van der Waals surface area contributed by atoms with Crippen molar-refractivity contribution in [2.45, 2.75) is 6.92 Å². The van der Waals surface area contributed by atoms with E-state index < -0.39 is 11.5 Å². The number of carbonyl (C=O) groups is 1. The molecule has 0 radical (unpaired) electrons. The number of benzene rings is 2. The Labute approximate surface area is 142 Å². The van der Waals surface area contributed by atoms with Crippen molar-refractivity contribution in [3.8, 4) is 0 Å². The maximum atomic E-state index is 12.1. The lowest BCUT2D eigenvalue weighted by atomic mass is 10.1. The fourth-order valence-electron chi connectivity index (χ4n) is 2.20. The lowest BCUT2D eigenvalue weighted by Gasteiger charge is -2.04. The largest absolute Gasteiger partial charge is 0.422 e. The van der Waals surface area contributed by atoms with Crippen LogP contribution in [0.25, 0.3) is 11.0 Å². The minimum absolute atomic E-state index is 0.292. The molecule has 5 nitrogen and oxygen atoms in total. The number of rotatable bonds is 3. The van der Waals surface area contributed by atoms with Gasteiger partial charge in [-0.05, 0) is 37.3 Å². The van der Waals surface area contributed by atoms with E-state index in [1.54, 1.807) is 43.3 Å². The molecule has 0 saturated carbocycles. The lowest BCUT2D eigenvalue weighted by Crippen LogP contribution is -2.21. The van der Waals surface area contributed by atoms with Crippen LogP contribution in [0.3, 0.4) is 0 Å². The van der Waals surface area contributed by atoms with E-state index in [4.69, 9.17) is 16.0 Å². The molecule has 0 aliphatic rings. The van der Waals surface area contributed by atoms with Crippen molar-refractivity contribution in [2.24, 2.45) is 5.10 Å². The van der Waals surface area contributed by atoms with Crippen LogP contribution in [-0.4, -0.2) is 11.6 Å². The van der Waals surface area contributed by atoms with Crippen molar-refractivity contribution < 1.29 is 9.21 Å². The zero-order valence-electron chi connectivity index (χ0n) is 12.7. The smallest absolute Gasteiger partial charge is 0.345 e. The summed E-state index contributed by atoms with van der Waals surface area (Å²) in [7, 11) is 0. The van der Waals surface area contributed by atoms with Gasteiger partial charge in [0.25, 0.3) is 5.91 Å². The van der Waals surface area contributed by atoms with Crippen molar-refractivity contribution in [1.82, 2.24) is 5.43 Å². The third kappa shape index (κ3) is 3.36. The van der Waals surface area contributed by atoms with Crippen LogP contribution in [0.4, 0.5) is 0 Å². The number of amides is 1. The van der Waals surface area contributed by atoms with Crippen molar-refractivity contribution in [3.05, 3.63) is 81.2 Å². The van der Waals surface area contributed by atoms with Crippen LogP contribution in [0.2, 0.25) is 5.02 Å². The highest BCUT2D eigenvalue weighted by Crippen LogP contribution is 2.13. The van der Waals surface area contributed by atoms with Gasteiger partial charge in [-0.1, -0.05) is 35.9 Å². The van der Waals surface area contributed by atoms with Gasteiger partial charge >= 0.3 is 5.63 Å². The third-order valence-electron chi connectivity index (χ3n) is 3.44. The molecule has 2 aromatic carbocycles. The molecule has 0 fully saturated rings. The van der Waals surface area contributed by atoms with E-state index in [1.165, 1.54) is 6.07 Å². The van der Waals surface area contributed by atoms with Crippen LogP contribution in [0.5, 0.6) is 0 Å². The van der Waals surface area contributed by atoms with E-state index in [0.717, 1.165) is 5.39 Å². The molecule has 0 saturated heterocycles. The molecular formula is C18H13ClN2O3. The Balaban J connectivity index is 1.87. The number of nitrogens with one attached hydrogen (secondary N) is 1. The second-order valence-corrected chi connectivity index (χ2v) is 5.57. The van der Waals surface area contributed by atoms with Gasteiger partial charge in [-0.15, -0.1) is 0 Å². The summed E-state index contributed by atoms with van der Waals surface area (Å²) in [5.74, 6) is -0.415. The van der Waals surface area contributed by atoms with Crippen molar-refractivity contribution in [1.29, 1.82) is 0 Å². The van der Waals surface area contributed by atoms with Crippen LogP contribution in [0.15, 0.2) is 68.9 Å². The molecule has 1 amide bonds. The maximum Gasteiger partial charge on any atom is 0.345 e. The molecule has 0 aliphatic carbocycles. The van der Waals surface area contributed by atoms with Gasteiger partial charge in [0.05, 0.1) is 11.3 Å². The van der Waals surface area contributed by atoms with Crippen molar-refractivity contribution in [2.75, 3.05) is 0 Å². The Bertz CT molecular complexity index is 1010. The average molecular weight is 341 g/mol. The summed E-state index contributed by atoms with van der Waals surface area (Å²) in [4.78, 5) is 24.1. The van der Waals surface area contributed by atoms with E-state index in [2.05, 4.69) is 10.5 Å². The second kappa shape index (κ2) is 6.68. The van der Waals surface area contributed by atoms with Gasteiger partial charge in [0.1, 0.15) is 5.58 Å². The zero-order valence-corrected chi connectivity index (χ0v) is 13.5. The standard InChI is InChI=1S/C18H13ClN2O3/c1-11(20-21-17(22)13-6-4-7-14(19)9-13)15-10-12-5-2-3-8-16(12)24-18(15)23/h2-10H,1H3,(H,21,22)/b20-11-. The van der Waals surface area contributed by atoms with Crippen LogP contribution < -0.4 is 11.1 Å². The van der Waals surface area contributed by atoms with Crippen molar-refractivity contribution in [3.63, 3.8) is 0 Å². The Morgan fingerprint density at radius 2 is 1.92 bits per heavy atom.